The second kappa shape index (κ2) is 8.24. The van der Waals surface area contributed by atoms with E-state index in [2.05, 4.69) is 10.6 Å². The van der Waals surface area contributed by atoms with Gasteiger partial charge in [0.1, 0.15) is 12.1 Å². The van der Waals surface area contributed by atoms with E-state index in [0.29, 0.717) is 22.7 Å². The van der Waals surface area contributed by atoms with E-state index in [9.17, 15) is 14.4 Å². The highest BCUT2D eigenvalue weighted by atomic mass is 35.5. The second-order valence-corrected chi connectivity index (χ2v) is 7.62. The molecule has 6 nitrogen and oxygen atoms in total. The van der Waals surface area contributed by atoms with Crippen molar-refractivity contribution in [1.82, 2.24) is 10.2 Å². The van der Waals surface area contributed by atoms with E-state index in [1.165, 1.54) is 11.8 Å². The summed E-state index contributed by atoms with van der Waals surface area (Å²) in [7, 11) is 0. The number of hydrogen-bond acceptors (Lipinski definition) is 4. The minimum Gasteiger partial charge on any atom is -0.324 e. The van der Waals surface area contributed by atoms with Gasteiger partial charge in [-0.25, -0.2) is 4.79 Å². The van der Waals surface area contributed by atoms with E-state index in [0.717, 1.165) is 9.80 Å². The van der Waals surface area contributed by atoms with Gasteiger partial charge in [-0.15, -0.1) is 11.8 Å². The first-order valence-corrected chi connectivity index (χ1v) is 10.3. The van der Waals surface area contributed by atoms with Gasteiger partial charge in [-0.1, -0.05) is 42.8 Å². The molecule has 0 radical (unpaired) electrons. The van der Waals surface area contributed by atoms with E-state index < -0.39 is 23.4 Å². The lowest BCUT2D eigenvalue weighted by Gasteiger charge is -2.25. The van der Waals surface area contributed by atoms with Crippen molar-refractivity contribution in [1.29, 1.82) is 0 Å². The molecule has 1 saturated heterocycles. The Morgan fingerprint density at radius 3 is 2.50 bits per heavy atom. The smallest absolute Gasteiger partial charge is 0.324 e. The summed E-state index contributed by atoms with van der Waals surface area (Å²) in [6.07, 6.45) is 2.26. The molecule has 1 fully saturated rings. The Balaban J connectivity index is 1.79. The van der Waals surface area contributed by atoms with Gasteiger partial charge in [-0.2, -0.15) is 0 Å². The van der Waals surface area contributed by atoms with Crippen molar-refractivity contribution in [2.24, 2.45) is 0 Å². The van der Waals surface area contributed by atoms with Crippen LogP contribution >= 0.6 is 23.4 Å². The van der Waals surface area contributed by atoms with Crippen LogP contribution in [-0.4, -0.2) is 35.5 Å². The number of para-hydroxylation sites is 1. The Bertz CT molecular complexity index is 919. The third-order valence-electron chi connectivity index (χ3n) is 4.73. The highest BCUT2D eigenvalue weighted by Gasteiger charge is 2.51. The highest BCUT2D eigenvalue weighted by Crippen LogP contribution is 2.33. The van der Waals surface area contributed by atoms with Crippen LogP contribution in [0.3, 0.4) is 0 Å². The number of halogens is 1. The van der Waals surface area contributed by atoms with Gasteiger partial charge in [-0.05, 0) is 42.5 Å². The molecule has 3 rings (SSSR count). The number of nitrogens with zero attached hydrogens (tertiary/aromatic N) is 1. The maximum Gasteiger partial charge on any atom is 0.325 e. The fourth-order valence-corrected chi connectivity index (χ4v) is 3.90. The van der Waals surface area contributed by atoms with Crippen LogP contribution in [0.5, 0.6) is 0 Å². The molecule has 1 aliphatic heterocycles. The topological polar surface area (TPSA) is 78.5 Å². The first-order valence-electron chi connectivity index (χ1n) is 8.74. The summed E-state index contributed by atoms with van der Waals surface area (Å²) >= 11 is 7.43. The number of urea groups is 1. The lowest BCUT2D eigenvalue weighted by molar-refractivity contribution is -0.134. The number of anilines is 1. The lowest BCUT2D eigenvalue weighted by atomic mass is 9.87. The summed E-state index contributed by atoms with van der Waals surface area (Å²) in [4.78, 5) is 39.9. The van der Waals surface area contributed by atoms with Crippen molar-refractivity contribution >= 4 is 46.9 Å². The minimum absolute atomic E-state index is 0.354. The molecular weight excluding hydrogens is 398 g/mol. The molecule has 0 aromatic heterocycles. The van der Waals surface area contributed by atoms with Crippen molar-refractivity contribution in [2.45, 2.75) is 23.8 Å². The van der Waals surface area contributed by atoms with Gasteiger partial charge in [0.2, 0.25) is 5.91 Å². The maximum atomic E-state index is 13.1. The summed E-state index contributed by atoms with van der Waals surface area (Å²) in [6.45, 7) is 1.45. The third-order valence-corrected chi connectivity index (χ3v) is 5.77. The number of rotatable bonds is 6. The normalized spacial score (nSPS) is 18.9. The predicted octanol–water partition coefficient (Wildman–Crippen LogP) is 3.86. The number of hydrogen-bond donors (Lipinski definition) is 2. The van der Waals surface area contributed by atoms with Gasteiger partial charge in [-0.3, -0.25) is 14.5 Å². The van der Waals surface area contributed by atoms with Gasteiger partial charge in [0.25, 0.3) is 5.91 Å². The zero-order valence-electron chi connectivity index (χ0n) is 15.5. The molecule has 1 unspecified atom stereocenters. The molecule has 146 valence electrons. The van der Waals surface area contributed by atoms with E-state index in [4.69, 9.17) is 11.6 Å². The molecule has 28 heavy (non-hydrogen) atoms. The second-order valence-electron chi connectivity index (χ2n) is 6.34. The largest absolute Gasteiger partial charge is 0.325 e. The van der Waals surface area contributed by atoms with Crippen LogP contribution < -0.4 is 10.6 Å². The van der Waals surface area contributed by atoms with Crippen LogP contribution in [-0.2, 0) is 15.1 Å². The van der Waals surface area contributed by atoms with Crippen molar-refractivity contribution in [3.8, 4) is 0 Å². The van der Waals surface area contributed by atoms with Gasteiger partial charge >= 0.3 is 6.03 Å². The lowest BCUT2D eigenvalue weighted by Crippen LogP contribution is -2.44. The van der Waals surface area contributed by atoms with Crippen molar-refractivity contribution < 1.29 is 14.4 Å². The molecule has 1 heterocycles. The van der Waals surface area contributed by atoms with Crippen LogP contribution in [0, 0.1) is 0 Å². The Kier molecular flexibility index (Phi) is 5.96. The van der Waals surface area contributed by atoms with Crippen molar-refractivity contribution in [3.63, 3.8) is 0 Å². The van der Waals surface area contributed by atoms with Gasteiger partial charge in [0.15, 0.2) is 0 Å². The Hall–Kier alpha value is -2.51. The number of thioether (sulfide) groups is 1. The summed E-state index contributed by atoms with van der Waals surface area (Å²) in [5, 5.41) is 6.06. The maximum absolute atomic E-state index is 13.1. The van der Waals surface area contributed by atoms with E-state index in [1.54, 1.807) is 30.3 Å². The first-order chi connectivity index (χ1) is 13.4. The number of carbonyl (C=O) groups excluding carboxylic acids is 3. The molecule has 8 heteroatoms. The average molecular weight is 418 g/mol. The molecule has 0 aliphatic carbocycles. The number of imide groups is 1. The molecule has 1 atom stereocenters. The molecule has 4 amide bonds. The Morgan fingerprint density at radius 2 is 1.86 bits per heavy atom. The zero-order valence-corrected chi connectivity index (χ0v) is 17.1. The Labute approximate surface area is 172 Å². The van der Waals surface area contributed by atoms with Gasteiger partial charge in [0.05, 0.1) is 5.69 Å². The van der Waals surface area contributed by atoms with Crippen LogP contribution in [0.4, 0.5) is 10.5 Å². The fourth-order valence-electron chi connectivity index (χ4n) is 3.22. The van der Waals surface area contributed by atoms with Crippen LogP contribution in [0.1, 0.15) is 18.9 Å². The van der Waals surface area contributed by atoms with E-state index in [-0.39, 0.29) is 6.54 Å². The SMILES string of the molecule is CCC1(c2ccc(Cl)cc2)NC(=O)N(CC(=O)Nc2ccccc2SC)C1=O. The number of nitrogens with one attached hydrogen (secondary N) is 2. The molecule has 0 spiro atoms. The summed E-state index contributed by atoms with van der Waals surface area (Å²) in [5.74, 6) is -0.886. The van der Waals surface area contributed by atoms with Crippen LogP contribution in [0.2, 0.25) is 5.02 Å². The minimum atomic E-state index is -1.20. The quantitative estimate of drug-likeness (QED) is 0.552. The standard InChI is InChI=1S/C20H20ClN3O3S/c1-3-20(13-8-10-14(21)11-9-13)18(26)24(19(27)23-20)12-17(25)22-15-6-4-5-7-16(15)28-2/h4-11H,3,12H2,1-2H3,(H,22,25)(H,23,27). The van der Waals surface area contributed by atoms with E-state index >= 15 is 0 Å². The van der Waals surface area contributed by atoms with Crippen molar-refractivity contribution in [3.05, 3.63) is 59.1 Å². The van der Waals surface area contributed by atoms with Crippen molar-refractivity contribution in [2.75, 3.05) is 18.1 Å². The van der Waals surface area contributed by atoms with Crippen LogP contribution in [0.25, 0.3) is 0 Å². The molecule has 2 aromatic carbocycles. The zero-order chi connectivity index (χ0) is 20.3. The van der Waals surface area contributed by atoms with Crippen LogP contribution in [0.15, 0.2) is 53.4 Å². The van der Waals surface area contributed by atoms with Gasteiger partial charge < -0.3 is 10.6 Å². The van der Waals surface area contributed by atoms with Gasteiger partial charge in [0, 0.05) is 9.92 Å². The predicted molar refractivity (Wildman–Crippen MR) is 111 cm³/mol. The molecular formula is C20H20ClN3O3S. The monoisotopic (exact) mass is 417 g/mol. The summed E-state index contributed by atoms with van der Waals surface area (Å²) in [5.41, 5.74) is 0.0824. The molecule has 2 N–H and O–H groups in total. The summed E-state index contributed by atoms with van der Waals surface area (Å²) in [6, 6.07) is 13.5. The number of amides is 4. The first kappa shape index (κ1) is 20.2. The molecule has 0 bridgehead atoms. The summed E-state index contributed by atoms with van der Waals surface area (Å²) < 4.78 is 0. The number of benzene rings is 2. The molecule has 2 aromatic rings. The fraction of sp³-hybridized carbons (Fsp3) is 0.250. The Morgan fingerprint density at radius 1 is 1.18 bits per heavy atom. The number of carbonyl (C=O) groups is 3. The van der Waals surface area contributed by atoms with E-state index in [1.807, 2.05) is 31.4 Å². The average Bonchev–Trinajstić information content (AvgIpc) is 2.94. The molecule has 0 saturated carbocycles. The third kappa shape index (κ3) is 3.72. The highest BCUT2D eigenvalue weighted by molar-refractivity contribution is 7.98. The molecule has 1 aliphatic rings.